The fraction of sp³-hybridized carbons (Fsp3) is 0.707. The molecule has 2 N–H and O–H groups in total. The minimum atomic E-state index is -4.77. The lowest BCUT2D eigenvalue weighted by Gasteiger charge is -2.21. The van der Waals surface area contributed by atoms with E-state index in [4.69, 9.17) is 23.3 Å². The van der Waals surface area contributed by atoms with E-state index >= 15 is 0 Å². The molecule has 402 valence electrons. The van der Waals surface area contributed by atoms with Gasteiger partial charge in [-0.1, -0.05) is 202 Å². The normalized spacial score (nSPS) is 14.1. The molecule has 11 nitrogen and oxygen atoms in total. The van der Waals surface area contributed by atoms with Gasteiger partial charge in [-0.05, 0) is 89.9 Å². The van der Waals surface area contributed by atoms with Crippen LogP contribution >= 0.6 is 7.82 Å². The third kappa shape index (κ3) is 49.6. The van der Waals surface area contributed by atoms with Crippen LogP contribution in [0.15, 0.2) is 85.1 Å². The topological polar surface area (TPSA) is 155 Å². The highest BCUT2D eigenvalue weighted by atomic mass is 31.2. The zero-order valence-electron chi connectivity index (χ0n) is 44.2. The van der Waals surface area contributed by atoms with E-state index in [0.29, 0.717) is 19.3 Å². The molecule has 0 amide bonds. The summed E-state index contributed by atoms with van der Waals surface area (Å²) >= 11 is 0. The van der Waals surface area contributed by atoms with Gasteiger partial charge in [-0.2, -0.15) is 0 Å². The van der Waals surface area contributed by atoms with Gasteiger partial charge in [-0.25, -0.2) is 4.57 Å². The first kappa shape index (κ1) is 66.7. The Kier molecular flexibility index (Phi) is 49.5. The molecule has 3 unspecified atom stereocenters. The Morgan fingerprint density at radius 2 is 0.800 bits per heavy atom. The molecule has 12 heteroatoms. The molecule has 0 aromatic heterocycles. The van der Waals surface area contributed by atoms with Crippen LogP contribution in [0.1, 0.15) is 226 Å². The van der Waals surface area contributed by atoms with Crippen molar-refractivity contribution in [3.63, 3.8) is 0 Å². The molecule has 0 aromatic rings. The van der Waals surface area contributed by atoms with Gasteiger partial charge in [0.2, 0.25) is 0 Å². The van der Waals surface area contributed by atoms with Crippen molar-refractivity contribution in [2.45, 2.75) is 238 Å². The minimum absolute atomic E-state index is 0.00898. The van der Waals surface area contributed by atoms with Crippen molar-refractivity contribution in [2.75, 3.05) is 26.4 Å². The van der Waals surface area contributed by atoms with Crippen molar-refractivity contribution >= 4 is 25.7 Å². The molecule has 0 aliphatic carbocycles. The monoisotopic (exact) mass is 1000 g/mol. The van der Waals surface area contributed by atoms with Crippen molar-refractivity contribution in [1.82, 2.24) is 0 Å². The standard InChI is InChI=1S/C58H99O11P/c1-4-7-10-13-16-19-22-24-26-27-29-31-34-37-40-43-46-49-58(62)69-55(51-65-56(60)47-44-41-38-35-33-30-28-25-23-20-17-14-11-8-5-2)53-67-70(63,64)66-52-54(50-59)68-57(61)48-45-42-39-36-32-21-18-15-12-9-6-3/h8,11,15,17-18,20,24-26,28,33,35,41,44,54-55,59H,4-7,9-10,12-14,16,19,21-23,27,29-32,34,36-40,42-43,45-53H2,1-3H3,(H,63,64)/b11-8-,18-15-,20-17-,26-24-,28-25-,35-33-,44-41-. The van der Waals surface area contributed by atoms with E-state index in [1.165, 1.54) is 70.6 Å². The second-order valence-corrected chi connectivity index (χ2v) is 19.5. The van der Waals surface area contributed by atoms with Crippen molar-refractivity contribution in [3.05, 3.63) is 85.1 Å². The molecule has 0 spiro atoms. The van der Waals surface area contributed by atoms with E-state index in [1.54, 1.807) is 6.08 Å². The SMILES string of the molecule is CC/C=C\C/C=C\C/C=C\C/C=C\C/C=C\CC(=O)OCC(COP(=O)(O)OCC(CO)OC(=O)CCCCCCC/C=C\CCCC)OC(=O)CCCCCCCCC/C=C\CCCCCCCC. The number of allylic oxidation sites excluding steroid dienone is 13. The quantitative estimate of drug-likeness (QED) is 0.0197. The lowest BCUT2D eigenvalue weighted by Crippen LogP contribution is -2.30. The molecule has 0 bridgehead atoms. The number of phosphoric ester groups is 1. The third-order valence-electron chi connectivity index (χ3n) is 11.3. The third-order valence-corrected chi connectivity index (χ3v) is 12.3. The number of aliphatic hydroxyl groups is 1. The van der Waals surface area contributed by atoms with Crippen LogP contribution in [0.4, 0.5) is 0 Å². The van der Waals surface area contributed by atoms with Crippen LogP contribution in [-0.4, -0.2) is 66.5 Å². The largest absolute Gasteiger partial charge is 0.472 e. The minimum Gasteiger partial charge on any atom is -0.461 e. The lowest BCUT2D eigenvalue weighted by molar-refractivity contribution is -0.161. The zero-order chi connectivity index (χ0) is 51.3. The maximum Gasteiger partial charge on any atom is 0.472 e. The van der Waals surface area contributed by atoms with Crippen LogP contribution in [0.3, 0.4) is 0 Å². The van der Waals surface area contributed by atoms with Gasteiger partial charge in [0, 0.05) is 12.8 Å². The van der Waals surface area contributed by atoms with Crippen molar-refractivity contribution in [3.8, 4) is 0 Å². The Labute approximate surface area is 426 Å². The first-order valence-corrected chi connectivity index (χ1v) is 29.0. The molecule has 0 fully saturated rings. The second-order valence-electron chi connectivity index (χ2n) is 18.0. The molecule has 0 radical (unpaired) electrons. The Hall–Kier alpha value is -3.34. The molecule has 3 atom stereocenters. The molecular weight excluding hydrogens is 904 g/mol. The van der Waals surface area contributed by atoms with Gasteiger partial charge in [-0.15, -0.1) is 0 Å². The number of carbonyl (C=O) groups excluding carboxylic acids is 3. The second kappa shape index (κ2) is 52.0. The summed E-state index contributed by atoms with van der Waals surface area (Å²) in [7, 11) is -4.77. The Morgan fingerprint density at radius 1 is 0.429 bits per heavy atom. The highest BCUT2D eigenvalue weighted by Crippen LogP contribution is 2.43. The number of unbranched alkanes of at least 4 members (excludes halogenated alkanes) is 20. The summed E-state index contributed by atoms with van der Waals surface area (Å²) in [5.74, 6) is -1.63. The average molecular weight is 1000 g/mol. The molecular formula is C58H99O11P. The van der Waals surface area contributed by atoms with E-state index in [2.05, 4.69) is 87.6 Å². The fourth-order valence-electron chi connectivity index (χ4n) is 7.11. The Morgan fingerprint density at radius 3 is 1.24 bits per heavy atom. The molecule has 0 aliphatic rings. The van der Waals surface area contributed by atoms with E-state index in [0.717, 1.165) is 96.3 Å². The number of esters is 3. The lowest BCUT2D eigenvalue weighted by atomic mass is 10.1. The number of hydrogen-bond donors (Lipinski definition) is 2. The predicted octanol–water partition coefficient (Wildman–Crippen LogP) is 15.9. The van der Waals surface area contributed by atoms with Gasteiger partial charge in [0.05, 0.1) is 26.2 Å². The van der Waals surface area contributed by atoms with Crippen molar-refractivity contribution in [2.24, 2.45) is 0 Å². The molecule has 0 saturated heterocycles. The highest BCUT2D eigenvalue weighted by molar-refractivity contribution is 7.47. The average Bonchev–Trinajstić information content (AvgIpc) is 3.35. The Balaban J connectivity index is 4.86. The van der Waals surface area contributed by atoms with E-state index < -0.39 is 64.4 Å². The van der Waals surface area contributed by atoms with Crippen LogP contribution in [-0.2, 0) is 42.2 Å². The number of rotatable bonds is 50. The predicted molar refractivity (Wildman–Crippen MR) is 288 cm³/mol. The molecule has 0 heterocycles. The van der Waals surface area contributed by atoms with Gasteiger partial charge in [0.25, 0.3) is 0 Å². The summed E-state index contributed by atoms with van der Waals surface area (Å²) < 4.78 is 39.3. The number of hydrogen-bond acceptors (Lipinski definition) is 10. The van der Waals surface area contributed by atoms with Crippen LogP contribution < -0.4 is 0 Å². The molecule has 0 rings (SSSR count). The van der Waals surface area contributed by atoms with Crippen LogP contribution in [0, 0.1) is 0 Å². The van der Waals surface area contributed by atoms with Crippen LogP contribution in [0.2, 0.25) is 0 Å². The summed E-state index contributed by atoms with van der Waals surface area (Å²) in [6, 6.07) is 0. The highest BCUT2D eigenvalue weighted by Gasteiger charge is 2.28. The Bertz CT molecular complexity index is 1500. The fourth-order valence-corrected chi connectivity index (χ4v) is 7.89. The van der Waals surface area contributed by atoms with E-state index in [1.807, 2.05) is 12.2 Å². The van der Waals surface area contributed by atoms with Crippen molar-refractivity contribution < 1.29 is 52.2 Å². The summed E-state index contributed by atoms with van der Waals surface area (Å²) in [6.45, 7) is 4.35. The molecule has 0 aromatic carbocycles. The summed E-state index contributed by atoms with van der Waals surface area (Å²) in [6.07, 6.45) is 58.6. The first-order chi connectivity index (χ1) is 34.2. The summed E-state index contributed by atoms with van der Waals surface area (Å²) in [4.78, 5) is 48.3. The van der Waals surface area contributed by atoms with Gasteiger partial charge in [0.1, 0.15) is 12.7 Å². The number of phosphoric acid groups is 1. The number of carbonyl (C=O) groups is 3. The van der Waals surface area contributed by atoms with Gasteiger partial charge in [0.15, 0.2) is 6.10 Å². The first-order valence-electron chi connectivity index (χ1n) is 27.5. The van der Waals surface area contributed by atoms with Gasteiger partial charge >= 0.3 is 25.7 Å². The smallest absolute Gasteiger partial charge is 0.461 e. The van der Waals surface area contributed by atoms with E-state index in [-0.39, 0.29) is 19.3 Å². The summed E-state index contributed by atoms with van der Waals surface area (Å²) in [5.41, 5.74) is 0. The van der Waals surface area contributed by atoms with Crippen LogP contribution in [0.25, 0.3) is 0 Å². The zero-order valence-corrected chi connectivity index (χ0v) is 45.1. The number of aliphatic hydroxyl groups excluding tert-OH is 1. The molecule has 70 heavy (non-hydrogen) atoms. The van der Waals surface area contributed by atoms with Gasteiger partial charge < -0.3 is 24.2 Å². The number of ether oxygens (including phenoxy) is 3. The van der Waals surface area contributed by atoms with Crippen LogP contribution in [0.5, 0.6) is 0 Å². The van der Waals surface area contributed by atoms with Crippen molar-refractivity contribution in [1.29, 1.82) is 0 Å². The molecule has 0 saturated carbocycles. The van der Waals surface area contributed by atoms with Gasteiger partial charge in [-0.3, -0.25) is 23.4 Å². The van der Waals surface area contributed by atoms with E-state index in [9.17, 15) is 28.9 Å². The molecule has 0 aliphatic heterocycles. The maximum atomic E-state index is 12.9. The summed E-state index contributed by atoms with van der Waals surface area (Å²) in [5, 5.41) is 9.77. The maximum absolute atomic E-state index is 12.9.